The number of benzene rings is 4. The molecule has 39 heavy (non-hydrogen) atoms. The second-order valence-corrected chi connectivity index (χ2v) is 10.4. The molecule has 4 rings (SSSR count). The third-order valence-electron chi connectivity index (χ3n) is 6.71. The van der Waals surface area contributed by atoms with E-state index in [-0.39, 0.29) is 24.8 Å². The Labute approximate surface area is 247 Å². The summed E-state index contributed by atoms with van der Waals surface area (Å²) >= 11 is 1.56. The van der Waals surface area contributed by atoms with E-state index in [0.29, 0.717) is 17.7 Å². The van der Waals surface area contributed by atoms with Crippen LogP contribution in [0.25, 0.3) is 22.3 Å². The molecule has 1 unspecified atom stereocenters. The van der Waals surface area contributed by atoms with Crippen molar-refractivity contribution >= 4 is 23.6 Å². The van der Waals surface area contributed by atoms with Crippen LogP contribution in [-0.4, -0.2) is 35.0 Å². The Hall–Kier alpha value is -3.23. The van der Waals surface area contributed by atoms with Crippen molar-refractivity contribution in [1.82, 2.24) is 5.32 Å². The predicted octanol–water partition coefficient (Wildman–Crippen LogP) is 4.05. The van der Waals surface area contributed by atoms with E-state index in [2.05, 4.69) is 47.8 Å². The molecule has 0 spiro atoms. The molecule has 0 aliphatic rings. The van der Waals surface area contributed by atoms with Crippen LogP contribution in [0.2, 0.25) is 0 Å². The molecule has 6 heteroatoms. The maximum absolute atomic E-state index is 13.3. The van der Waals surface area contributed by atoms with Crippen LogP contribution in [0.5, 0.6) is 0 Å². The number of nitrogens with one attached hydrogen (secondary N) is 1. The van der Waals surface area contributed by atoms with Crippen LogP contribution in [0.1, 0.15) is 33.5 Å². The molecule has 4 nitrogen and oxygen atoms in total. The summed E-state index contributed by atoms with van der Waals surface area (Å²) in [6.07, 6.45) is 4.00. The molecular formula is C33H33LiNO3S+. The number of aryl methyl sites for hydroxylation is 3. The second kappa shape index (κ2) is 14.8. The monoisotopic (exact) mass is 530 g/mol. The van der Waals surface area contributed by atoms with Crippen molar-refractivity contribution in [3.63, 3.8) is 0 Å². The first-order valence-electron chi connectivity index (χ1n) is 12.8. The Morgan fingerprint density at radius 2 is 1.46 bits per heavy atom. The van der Waals surface area contributed by atoms with E-state index in [1.807, 2.05) is 67.8 Å². The van der Waals surface area contributed by atoms with Crippen molar-refractivity contribution in [2.45, 2.75) is 32.2 Å². The maximum atomic E-state index is 13.3. The van der Waals surface area contributed by atoms with Gasteiger partial charge in [0.05, 0.1) is 0 Å². The molecule has 0 bridgehead atoms. The topological polar surface area (TPSA) is 66.4 Å². The molecule has 0 aliphatic heterocycles. The number of amides is 1. The first-order chi connectivity index (χ1) is 18.5. The molecular weight excluding hydrogens is 497 g/mol. The second-order valence-electron chi connectivity index (χ2n) is 9.41. The number of rotatable bonds is 11. The first kappa shape index (κ1) is 30.3. The van der Waals surface area contributed by atoms with Gasteiger partial charge in [-0.3, -0.25) is 4.79 Å². The van der Waals surface area contributed by atoms with Crippen molar-refractivity contribution in [3.8, 4) is 22.3 Å². The quantitative estimate of drug-likeness (QED) is 0.287. The average Bonchev–Trinajstić information content (AvgIpc) is 2.94. The van der Waals surface area contributed by atoms with Gasteiger partial charge >= 0.3 is 24.8 Å². The normalized spacial score (nSPS) is 11.3. The summed E-state index contributed by atoms with van der Waals surface area (Å²) < 4.78 is 0. The molecule has 2 N–H and O–H groups in total. The summed E-state index contributed by atoms with van der Waals surface area (Å²) in [6, 6.07) is 31.9. The Morgan fingerprint density at radius 1 is 0.795 bits per heavy atom. The van der Waals surface area contributed by atoms with Gasteiger partial charge in [0.25, 0.3) is 5.91 Å². The van der Waals surface area contributed by atoms with Crippen molar-refractivity contribution in [2.24, 2.45) is 0 Å². The largest absolute Gasteiger partial charge is 1.00 e. The summed E-state index contributed by atoms with van der Waals surface area (Å²) in [4.78, 5) is 25.1. The van der Waals surface area contributed by atoms with Gasteiger partial charge < -0.3 is 10.4 Å². The van der Waals surface area contributed by atoms with E-state index in [1.54, 1.807) is 11.8 Å². The van der Waals surface area contributed by atoms with Crippen molar-refractivity contribution in [3.05, 3.63) is 119 Å². The van der Waals surface area contributed by atoms with Gasteiger partial charge in [-0.15, -0.1) is 0 Å². The fraction of sp³-hybridized carbons (Fsp3) is 0.212. The van der Waals surface area contributed by atoms with Crippen molar-refractivity contribution in [2.75, 3.05) is 12.0 Å². The average molecular weight is 531 g/mol. The van der Waals surface area contributed by atoms with E-state index in [0.717, 1.165) is 35.1 Å². The Bertz CT molecular complexity index is 1410. The summed E-state index contributed by atoms with van der Waals surface area (Å²) in [7, 11) is 0. The minimum Gasteiger partial charge on any atom is -0.480 e. The predicted molar refractivity (Wildman–Crippen MR) is 158 cm³/mol. The van der Waals surface area contributed by atoms with Crippen LogP contribution in [0.15, 0.2) is 97.1 Å². The zero-order valence-electron chi connectivity index (χ0n) is 22.8. The smallest absolute Gasteiger partial charge is 0.480 e. The van der Waals surface area contributed by atoms with E-state index in [1.165, 1.54) is 16.7 Å². The third kappa shape index (κ3) is 8.13. The van der Waals surface area contributed by atoms with Crippen LogP contribution in [0.3, 0.4) is 0 Å². The number of carbonyl (C=O) groups is 2. The molecule has 0 radical (unpaired) electrons. The minimum absolute atomic E-state index is 0. The van der Waals surface area contributed by atoms with Gasteiger partial charge in [-0.25, -0.2) is 4.79 Å². The summed E-state index contributed by atoms with van der Waals surface area (Å²) in [5, 5.41) is 12.4. The molecule has 4 aromatic carbocycles. The molecule has 1 amide bonds. The summed E-state index contributed by atoms with van der Waals surface area (Å²) in [6.45, 7) is 2.03. The van der Waals surface area contributed by atoms with E-state index in [9.17, 15) is 14.7 Å². The fourth-order valence-electron chi connectivity index (χ4n) is 4.60. The van der Waals surface area contributed by atoms with Gasteiger partial charge in [-0.1, -0.05) is 91.0 Å². The summed E-state index contributed by atoms with van der Waals surface area (Å²) in [5.74, 6) is -0.718. The van der Waals surface area contributed by atoms with Crippen LogP contribution < -0.4 is 24.2 Å². The van der Waals surface area contributed by atoms with Gasteiger partial charge in [-0.05, 0) is 83.2 Å². The number of hydrogen-bond donors (Lipinski definition) is 2. The van der Waals surface area contributed by atoms with E-state index in [4.69, 9.17) is 0 Å². The van der Waals surface area contributed by atoms with Gasteiger partial charge in [0.2, 0.25) is 0 Å². The number of aliphatic carboxylic acids is 1. The van der Waals surface area contributed by atoms with E-state index >= 15 is 0 Å². The number of carbonyl (C=O) groups excluding carboxylic acids is 1. The number of hydrogen-bond acceptors (Lipinski definition) is 3. The molecule has 4 aromatic rings. The molecule has 0 fully saturated rings. The number of carboxylic acid groups (broad SMARTS) is 1. The third-order valence-corrected chi connectivity index (χ3v) is 7.36. The van der Waals surface area contributed by atoms with Gasteiger partial charge in [0, 0.05) is 5.56 Å². The fourth-order valence-corrected chi connectivity index (χ4v) is 5.07. The Morgan fingerprint density at radius 3 is 2.15 bits per heavy atom. The number of carboxylic acids is 1. The standard InChI is InChI=1S/C33H33NO3S.Li/c1-23-9-6-7-14-28(23)30-22-25(17-18-29(30)32(35)34-31(33(36)37)19-20-38-2)16-15-24-10-8-13-27(21-24)26-11-4-3-5-12-26;/h3-14,17-18,21-22,31H,15-16,19-20H2,1-2H3,(H,34,35)(H,36,37);/q;+1. The molecule has 0 heterocycles. The molecule has 0 saturated heterocycles. The molecule has 0 aliphatic carbocycles. The zero-order valence-corrected chi connectivity index (χ0v) is 23.6. The summed E-state index contributed by atoms with van der Waals surface area (Å²) in [5.41, 5.74) is 8.13. The SMILES string of the molecule is CSCCC(NC(=O)c1ccc(CCc2cccc(-c3ccccc3)c2)cc1-c1ccccc1C)C(=O)O.[Li+]. The molecule has 194 valence electrons. The maximum Gasteiger partial charge on any atom is 1.00 e. The molecule has 0 saturated carbocycles. The number of thioether (sulfide) groups is 1. The van der Waals surface area contributed by atoms with Crippen LogP contribution in [-0.2, 0) is 17.6 Å². The van der Waals surface area contributed by atoms with E-state index < -0.39 is 12.0 Å². The Kier molecular flexibility index (Phi) is 11.5. The van der Waals surface area contributed by atoms with Crippen molar-refractivity contribution in [1.29, 1.82) is 0 Å². The van der Waals surface area contributed by atoms with Crippen molar-refractivity contribution < 1.29 is 33.6 Å². The zero-order chi connectivity index (χ0) is 26.9. The van der Waals surface area contributed by atoms with Crippen LogP contribution >= 0.6 is 11.8 Å². The molecule has 1 atom stereocenters. The van der Waals surface area contributed by atoms with Crippen LogP contribution in [0.4, 0.5) is 0 Å². The minimum atomic E-state index is -1.01. The van der Waals surface area contributed by atoms with Gasteiger partial charge in [0.15, 0.2) is 0 Å². The first-order valence-corrected chi connectivity index (χ1v) is 14.2. The Balaban J connectivity index is 0.00000420. The van der Waals surface area contributed by atoms with Gasteiger partial charge in [0.1, 0.15) is 6.04 Å². The van der Waals surface area contributed by atoms with Gasteiger partial charge in [-0.2, -0.15) is 11.8 Å². The van der Waals surface area contributed by atoms with Crippen LogP contribution in [0, 0.1) is 6.92 Å². The molecule has 0 aromatic heterocycles.